The van der Waals surface area contributed by atoms with Gasteiger partial charge in [-0.15, -0.1) is 0 Å². The van der Waals surface area contributed by atoms with E-state index in [0.29, 0.717) is 13.0 Å². The summed E-state index contributed by atoms with van der Waals surface area (Å²) in [7, 11) is 0. The second-order valence-corrected chi connectivity index (χ2v) is 4.81. The topological polar surface area (TPSA) is 99.1 Å². The summed E-state index contributed by atoms with van der Waals surface area (Å²) in [5.74, 6) is -2.38. The first-order valence-corrected chi connectivity index (χ1v) is 6.94. The fourth-order valence-corrected chi connectivity index (χ4v) is 2.02. The van der Waals surface area contributed by atoms with Crippen LogP contribution in [0.2, 0.25) is 0 Å². The molecule has 1 saturated heterocycles. The molecule has 22 heavy (non-hydrogen) atoms. The lowest BCUT2D eigenvalue weighted by Gasteiger charge is -2.28. The SMILES string of the molecule is O=C1NC(=O)N(Cc2ccccc2)C(=O)[C@H]1C=NCCCO. The Kier molecular flexibility index (Phi) is 5.37. The first-order valence-electron chi connectivity index (χ1n) is 6.94. The quantitative estimate of drug-likeness (QED) is 0.449. The molecule has 1 heterocycles. The molecule has 1 aromatic carbocycles. The molecule has 1 aliphatic rings. The van der Waals surface area contributed by atoms with E-state index in [0.717, 1.165) is 10.5 Å². The van der Waals surface area contributed by atoms with Crippen LogP contribution in [-0.2, 0) is 16.1 Å². The molecular formula is C15H17N3O4. The predicted molar refractivity (Wildman–Crippen MR) is 79.1 cm³/mol. The fraction of sp³-hybridized carbons (Fsp3) is 0.333. The maximum absolute atomic E-state index is 12.3. The van der Waals surface area contributed by atoms with Crippen molar-refractivity contribution in [1.29, 1.82) is 0 Å². The standard InChI is InChI=1S/C15H17N3O4/c19-8-4-7-16-9-12-13(20)17-15(22)18(14(12)21)10-11-5-2-1-3-6-11/h1-3,5-6,9,12,19H,4,7-8,10H2,(H,17,20,22)/t12-/m0/s1. The summed E-state index contributed by atoms with van der Waals surface area (Å²) < 4.78 is 0. The van der Waals surface area contributed by atoms with Crippen LogP contribution in [0.3, 0.4) is 0 Å². The van der Waals surface area contributed by atoms with E-state index < -0.39 is 23.8 Å². The third kappa shape index (κ3) is 3.76. The van der Waals surface area contributed by atoms with Crippen LogP contribution in [-0.4, -0.2) is 47.2 Å². The average molecular weight is 303 g/mol. The van der Waals surface area contributed by atoms with E-state index in [2.05, 4.69) is 10.3 Å². The predicted octanol–water partition coefficient (Wildman–Crippen LogP) is 0.334. The molecule has 7 nitrogen and oxygen atoms in total. The Hall–Kier alpha value is -2.54. The minimum absolute atomic E-state index is 0.0131. The summed E-state index contributed by atoms with van der Waals surface area (Å²) in [4.78, 5) is 40.9. The van der Waals surface area contributed by atoms with E-state index >= 15 is 0 Å². The Morgan fingerprint density at radius 3 is 2.64 bits per heavy atom. The van der Waals surface area contributed by atoms with Crippen molar-refractivity contribution in [2.75, 3.05) is 13.2 Å². The number of hydrogen-bond acceptors (Lipinski definition) is 5. The molecule has 1 atom stereocenters. The van der Waals surface area contributed by atoms with Crippen molar-refractivity contribution < 1.29 is 19.5 Å². The summed E-state index contributed by atoms with van der Waals surface area (Å²) in [5.41, 5.74) is 0.788. The summed E-state index contributed by atoms with van der Waals surface area (Å²) in [6, 6.07) is 8.31. The molecule has 7 heteroatoms. The highest BCUT2D eigenvalue weighted by atomic mass is 16.3. The Labute approximate surface area is 127 Å². The molecule has 2 rings (SSSR count). The molecule has 0 spiro atoms. The number of rotatable bonds is 6. The molecule has 1 aliphatic heterocycles. The van der Waals surface area contributed by atoms with Gasteiger partial charge in [0.1, 0.15) is 0 Å². The summed E-state index contributed by atoms with van der Waals surface area (Å²) in [6.07, 6.45) is 1.68. The highest BCUT2D eigenvalue weighted by Crippen LogP contribution is 2.13. The van der Waals surface area contributed by atoms with Crippen LogP contribution >= 0.6 is 0 Å². The molecule has 1 aromatic rings. The fourth-order valence-electron chi connectivity index (χ4n) is 2.02. The summed E-state index contributed by atoms with van der Waals surface area (Å²) >= 11 is 0. The minimum Gasteiger partial charge on any atom is -0.396 e. The third-order valence-electron chi connectivity index (χ3n) is 3.17. The average Bonchev–Trinajstić information content (AvgIpc) is 2.51. The molecule has 2 N–H and O–H groups in total. The third-order valence-corrected chi connectivity index (χ3v) is 3.17. The zero-order valence-corrected chi connectivity index (χ0v) is 11.9. The van der Waals surface area contributed by atoms with E-state index in [4.69, 9.17) is 5.11 Å². The molecule has 0 saturated carbocycles. The Morgan fingerprint density at radius 2 is 1.95 bits per heavy atom. The number of barbiturate groups is 1. The van der Waals surface area contributed by atoms with Gasteiger partial charge in [0.05, 0.1) is 6.54 Å². The second-order valence-electron chi connectivity index (χ2n) is 4.81. The zero-order valence-electron chi connectivity index (χ0n) is 11.9. The van der Waals surface area contributed by atoms with Gasteiger partial charge in [0.2, 0.25) is 11.8 Å². The summed E-state index contributed by atoms with van der Waals surface area (Å²) in [5, 5.41) is 10.8. The van der Waals surface area contributed by atoms with Gasteiger partial charge >= 0.3 is 6.03 Å². The van der Waals surface area contributed by atoms with Gasteiger partial charge in [0.15, 0.2) is 5.92 Å². The van der Waals surface area contributed by atoms with Gasteiger partial charge in [0.25, 0.3) is 0 Å². The molecular weight excluding hydrogens is 286 g/mol. The number of amides is 4. The van der Waals surface area contributed by atoms with E-state index in [-0.39, 0.29) is 13.2 Å². The molecule has 0 aliphatic carbocycles. The maximum atomic E-state index is 12.3. The highest BCUT2D eigenvalue weighted by molar-refractivity contribution is 6.23. The van der Waals surface area contributed by atoms with Crippen LogP contribution in [0, 0.1) is 5.92 Å². The number of carbonyl (C=O) groups is 3. The molecule has 4 amide bonds. The monoisotopic (exact) mass is 303 g/mol. The first-order chi connectivity index (χ1) is 10.6. The lowest BCUT2D eigenvalue weighted by atomic mass is 10.1. The van der Waals surface area contributed by atoms with Crippen molar-refractivity contribution in [3.8, 4) is 0 Å². The van der Waals surface area contributed by atoms with Crippen LogP contribution in [0.5, 0.6) is 0 Å². The number of hydrogen-bond donors (Lipinski definition) is 2. The van der Waals surface area contributed by atoms with E-state index in [9.17, 15) is 14.4 Å². The Balaban J connectivity index is 2.10. The zero-order chi connectivity index (χ0) is 15.9. The number of nitrogens with one attached hydrogen (secondary N) is 1. The van der Waals surface area contributed by atoms with Crippen molar-refractivity contribution in [3.63, 3.8) is 0 Å². The minimum atomic E-state index is -1.11. The van der Waals surface area contributed by atoms with Crippen LogP contribution in [0.1, 0.15) is 12.0 Å². The largest absolute Gasteiger partial charge is 0.396 e. The van der Waals surface area contributed by atoms with Crippen molar-refractivity contribution >= 4 is 24.1 Å². The molecule has 0 bridgehead atoms. The van der Waals surface area contributed by atoms with Gasteiger partial charge in [-0.05, 0) is 12.0 Å². The van der Waals surface area contributed by atoms with Crippen molar-refractivity contribution in [2.24, 2.45) is 10.9 Å². The van der Waals surface area contributed by atoms with Gasteiger partial charge in [-0.1, -0.05) is 30.3 Å². The lowest BCUT2D eigenvalue weighted by molar-refractivity contribution is -0.139. The van der Waals surface area contributed by atoms with Crippen LogP contribution in [0.25, 0.3) is 0 Å². The van der Waals surface area contributed by atoms with E-state index in [1.807, 2.05) is 6.07 Å². The van der Waals surface area contributed by atoms with Crippen molar-refractivity contribution in [2.45, 2.75) is 13.0 Å². The van der Waals surface area contributed by atoms with Crippen molar-refractivity contribution in [3.05, 3.63) is 35.9 Å². The van der Waals surface area contributed by atoms with Crippen LogP contribution < -0.4 is 5.32 Å². The lowest BCUT2D eigenvalue weighted by Crippen LogP contribution is -2.57. The van der Waals surface area contributed by atoms with Gasteiger partial charge < -0.3 is 5.11 Å². The van der Waals surface area contributed by atoms with Gasteiger partial charge in [0, 0.05) is 19.4 Å². The van der Waals surface area contributed by atoms with Crippen LogP contribution in [0.4, 0.5) is 4.79 Å². The molecule has 116 valence electrons. The number of imide groups is 2. The number of nitrogens with zero attached hydrogens (tertiary/aromatic N) is 2. The Morgan fingerprint density at radius 1 is 1.23 bits per heavy atom. The smallest absolute Gasteiger partial charge is 0.331 e. The molecule has 1 fully saturated rings. The van der Waals surface area contributed by atoms with Gasteiger partial charge in [-0.3, -0.25) is 24.8 Å². The van der Waals surface area contributed by atoms with E-state index in [1.54, 1.807) is 24.3 Å². The number of aliphatic imine (C=N–C) groups is 1. The number of benzene rings is 1. The first kappa shape index (κ1) is 15.8. The number of carbonyl (C=O) groups excluding carboxylic acids is 3. The van der Waals surface area contributed by atoms with Crippen molar-refractivity contribution in [1.82, 2.24) is 10.2 Å². The highest BCUT2D eigenvalue weighted by Gasteiger charge is 2.39. The van der Waals surface area contributed by atoms with E-state index in [1.165, 1.54) is 6.21 Å². The summed E-state index contributed by atoms with van der Waals surface area (Å²) in [6.45, 7) is 0.403. The normalized spacial score (nSPS) is 18.9. The maximum Gasteiger partial charge on any atom is 0.331 e. The molecule has 0 radical (unpaired) electrons. The second kappa shape index (κ2) is 7.46. The number of urea groups is 1. The Bertz CT molecular complexity index is 586. The van der Waals surface area contributed by atoms with Gasteiger partial charge in [-0.25, -0.2) is 4.79 Å². The molecule has 0 unspecified atom stereocenters. The number of aliphatic hydroxyl groups excluding tert-OH is 1. The van der Waals surface area contributed by atoms with Crippen LogP contribution in [0.15, 0.2) is 35.3 Å². The number of aliphatic hydroxyl groups is 1. The van der Waals surface area contributed by atoms with Gasteiger partial charge in [-0.2, -0.15) is 0 Å². The molecule has 0 aromatic heterocycles.